The van der Waals surface area contributed by atoms with Crippen LogP contribution in [0.4, 0.5) is 0 Å². The van der Waals surface area contributed by atoms with Crippen LogP contribution in [0.5, 0.6) is 0 Å². The van der Waals surface area contributed by atoms with Crippen molar-refractivity contribution in [3.8, 4) is 0 Å². The molecule has 1 heterocycles. The second-order valence-electron chi connectivity index (χ2n) is 2.79. The second-order valence-corrected chi connectivity index (χ2v) is 2.79. The van der Waals surface area contributed by atoms with Crippen molar-refractivity contribution in [1.82, 2.24) is 15.0 Å². The highest BCUT2D eigenvalue weighted by Gasteiger charge is 2.04. The minimum Gasteiger partial charge on any atom is -0.325 e. The topological polar surface area (TPSA) is 72.9 Å². The summed E-state index contributed by atoms with van der Waals surface area (Å²) in [7, 11) is 0. The summed E-state index contributed by atoms with van der Waals surface area (Å²) in [6.07, 6.45) is 5.36. The Labute approximate surface area is 76.9 Å². The first-order valence-corrected chi connectivity index (χ1v) is 4.27. The van der Waals surface area contributed by atoms with Gasteiger partial charge < -0.3 is 4.57 Å². The molecular formula is C8H14N4O. The molecule has 0 radical (unpaired) electrons. The summed E-state index contributed by atoms with van der Waals surface area (Å²) in [4.78, 5) is 15.1. The summed E-state index contributed by atoms with van der Waals surface area (Å²) in [6, 6.07) is 0. The second kappa shape index (κ2) is 4.61. The van der Waals surface area contributed by atoms with Crippen molar-refractivity contribution in [1.29, 1.82) is 0 Å². The summed E-state index contributed by atoms with van der Waals surface area (Å²) >= 11 is 0. The first-order valence-electron chi connectivity index (χ1n) is 4.27. The van der Waals surface area contributed by atoms with Crippen LogP contribution in [0.2, 0.25) is 0 Å². The van der Waals surface area contributed by atoms with Gasteiger partial charge >= 0.3 is 0 Å². The van der Waals surface area contributed by atoms with Crippen LogP contribution >= 0.6 is 0 Å². The van der Waals surface area contributed by atoms with E-state index < -0.39 is 0 Å². The van der Waals surface area contributed by atoms with Crippen LogP contribution in [-0.4, -0.2) is 15.5 Å². The van der Waals surface area contributed by atoms with E-state index in [9.17, 15) is 4.79 Å². The summed E-state index contributed by atoms with van der Waals surface area (Å²) in [5.74, 6) is 5.69. The molecule has 0 unspecified atom stereocenters. The average Bonchev–Trinajstić information content (AvgIpc) is 2.54. The number of hydrazine groups is 1. The zero-order chi connectivity index (χ0) is 9.68. The third-order valence-corrected chi connectivity index (χ3v) is 1.75. The minimum atomic E-state index is -0.213. The quantitative estimate of drug-likeness (QED) is 0.385. The van der Waals surface area contributed by atoms with Gasteiger partial charge in [0.2, 0.25) is 0 Å². The molecule has 0 bridgehead atoms. The van der Waals surface area contributed by atoms with Crippen molar-refractivity contribution in [3.63, 3.8) is 0 Å². The Bertz CT molecular complexity index is 281. The van der Waals surface area contributed by atoms with Crippen LogP contribution in [0.15, 0.2) is 12.4 Å². The van der Waals surface area contributed by atoms with Gasteiger partial charge in [0.15, 0.2) is 0 Å². The maximum Gasteiger partial charge on any atom is 0.253 e. The Morgan fingerprint density at radius 1 is 1.77 bits per heavy atom. The van der Waals surface area contributed by atoms with Gasteiger partial charge in [-0.2, -0.15) is 0 Å². The number of carbonyl (C=O) groups is 1. The van der Waals surface area contributed by atoms with Crippen LogP contribution in [0, 0.1) is 0 Å². The van der Waals surface area contributed by atoms with Crippen LogP contribution in [-0.2, 0) is 17.8 Å². The summed E-state index contributed by atoms with van der Waals surface area (Å²) in [5.41, 5.74) is 2.09. The zero-order valence-electron chi connectivity index (χ0n) is 7.66. The third-order valence-electron chi connectivity index (χ3n) is 1.75. The molecule has 0 aliphatic heterocycles. The molecule has 72 valence electrons. The van der Waals surface area contributed by atoms with Gasteiger partial charge in [-0.05, 0) is 6.42 Å². The molecule has 1 rings (SSSR count). The van der Waals surface area contributed by atoms with Gasteiger partial charge in [0, 0.05) is 18.8 Å². The number of nitrogens with zero attached hydrogens (tertiary/aromatic N) is 2. The van der Waals surface area contributed by atoms with Crippen LogP contribution in [0.3, 0.4) is 0 Å². The minimum absolute atomic E-state index is 0.213. The number of carbonyl (C=O) groups excluding carboxylic acids is 1. The van der Waals surface area contributed by atoms with Gasteiger partial charge in [0.1, 0.15) is 12.4 Å². The number of rotatable bonds is 4. The van der Waals surface area contributed by atoms with E-state index in [2.05, 4.69) is 17.3 Å². The maximum atomic E-state index is 11.0. The molecule has 1 aromatic heterocycles. The number of hydrogen-bond acceptors (Lipinski definition) is 3. The fraction of sp³-hybridized carbons (Fsp3) is 0.500. The number of amides is 1. The van der Waals surface area contributed by atoms with Gasteiger partial charge in [-0.3, -0.25) is 10.2 Å². The standard InChI is InChI=1S/C8H14N4O/c1-2-3-7-10-4-5-12(7)6-8(13)11-9/h4-5H,2-3,6,9H2,1H3,(H,11,13). The lowest BCUT2D eigenvalue weighted by atomic mass is 10.3. The monoisotopic (exact) mass is 182 g/mol. The first-order chi connectivity index (χ1) is 6.27. The van der Waals surface area contributed by atoms with Crippen LogP contribution in [0.25, 0.3) is 0 Å². The fourth-order valence-electron chi connectivity index (χ4n) is 1.14. The van der Waals surface area contributed by atoms with Gasteiger partial charge in [-0.1, -0.05) is 6.92 Å². The maximum absolute atomic E-state index is 11.0. The van der Waals surface area contributed by atoms with E-state index in [4.69, 9.17) is 5.84 Å². The lowest BCUT2D eigenvalue weighted by Gasteiger charge is -2.04. The normalized spacial score (nSPS) is 10.0. The Morgan fingerprint density at radius 2 is 2.54 bits per heavy atom. The predicted octanol–water partition coefficient (Wildman–Crippen LogP) is -0.174. The molecule has 13 heavy (non-hydrogen) atoms. The molecule has 0 spiro atoms. The van der Waals surface area contributed by atoms with E-state index in [0.29, 0.717) is 0 Å². The Kier molecular flexibility index (Phi) is 3.45. The van der Waals surface area contributed by atoms with Gasteiger partial charge in [-0.15, -0.1) is 0 Å². The lowest BCUT2D eigenvalue weighted by molar-refractivity contribution is -0.121. The largest absolute Gasteiger partial charge is 0.325 e. The smallest absolute Gasteiger partial charge is 0.253 e. The van der Waals surface area contributed by atoms with Crippen molar-refractivity contribution in [2.45, 2.75) is 26.3 Å². The Balaban J connectivity index is 2.64. The van der Waals surface area contributed by atoms with Crippen molar-refractivity contribution < 1.29 is 4.79 Å². The van der Waals surface area contributed by atoms with E-state index in [1.807, 2.05) is 0 Å². The predicted molar refractivity (Wildman–Crippen MR) is 48.6 cm³/mol. The van der Waals surface area contributed by atoms with Crippen molar-refractivity contribution in [2.75, 3.05) is 0 Å². The molecule has 1 aromatic rings. The van der Waals surface area contributed by atoms with Gasteiger partial charge in [-0.25, -0.2) is 10.8 Å². The number of nitrogens with one attached hydrogen (secondary N) is 1. The highest BCUT2D eigenvalue weighted by molar-refractivity contribution is 5.75. The summed E-state index contributed by atoms with van der Waals surface area (Å²) < 4.78 is 1.80. The molecule has 0 aromatic carbocycles. The zero-order valence-corrected chi connectivity index (χ0v) is 7.66. The van der Waals surface area contributed by atoms with Crippen LogP contribution in [0.1, 0.15) is 19.2 Å². The number of hydrogen-bond donors (Lipinski definition) is 2. The molecule has 5 heteroatoms. The molecule has 0 fully saturated rings. The highest BCUT2D eigenvalue weighted by atomic mass is 16.2. The van der Waals surface area contributed by atoms with Gasteiger partial charge in [0.05, 0.1) is 0 Å². The van der Waals surface area contributed by atoms with E-state index in [-0.39, 0.29) is 12.5 Å². The molecule has 0 aliphatic carbocycles. The average molecular weight is 182 g/mol. The third kappa shape index (κ3) is 2.55. The molecule has 0 saturated heterocycles. The van der Waals surface area contributed by atoms with E-state index in [1.54, 1.807) is 17.0 Å². The first kappa shape index (κ1) is 9.73. The highest BCUT2D eigenvalue weighted by Crippen LogP contribution is 2.00. The van der Waals surface area contributed by atoms with Crippen molar-refractivity contribution >= 4 is 5.91 Å². The van der Waals surface area contributed by atoms with E-state index in [0.717, 1.165) is 18.7 Å². The molecule has 0 saturated carbocycles. The fourth-order valence-corrected chi connectivity index (χ4v) is 1.14. The molecule has 1 amide bonds. The molecule has 5 nitrogen and oxygen atoms in total. The number of imidazole rings is 1. The van der Waals surface area contributed by atoms with Crippen LogP contribution < -0.4 is 11.3 Å². The summed E-state index contributed by atoms with van der Waals surface area (Å²) in [5, 5.41) is 0. The molecule has 0 aliphatic rings. The SMILES string of the molecule is CCCc1nccn1CC(=O)NN. The number of aromatic nitrogens is 2. The number of aryl methyl sites for hydroxylation is 1. The van der Waals surface area contributed by atoms with Crippen molar-refractivity contribution in [3.05, 3.63) is 18.2 Å². The Morgan fingerprint density at radius 3 is 3.15 bits per heavy atom. The number of nitrogens with two attached hydrogens (primary N) is 1. The molecule has 3 N–H and O–H groups in total. The summed E-state index contributed by atoms with van der Waals surface area (Å²) in [6.45, 7) is 2.31. The lowest BCUT2D eigenvalue weighted by Crippen LogP contribution is -2.33. The van der Waals surface area contributed by atoms with Crippen molar-refractivity contribution in [2.24, 2.45) is 5.84 Å². The Hall–Kier alpha value is -1.36. The molecule has 0 atom stereocenters. The molecular weight excluding hydrogens is 168 g/mol. The van der Waals surface area contributed by atoms with Gasteiger partial charge in [0.25, 0.3) is 5.91 Å². The van der Waals surface area contributed by atoms with E-state index >= 15 is 0 Å². The van der Waals surface area contributed by atoms with E-state index in [1.165, 1.54) is 0 Å².